The lowest BCUT2D eigenvalue weighted by molar-refractivity contribution is -0.142. The summed E-state index contributed by atoms with van der Waals surface area (Å²) in [7, 11) is 0. The van der Waals surface area contributed by atoms with E-state index in [9.17, 15) is 18.0 Å². The molecule has 0 aliphatic rings. The molecule has 0 saturated heterocycles. The minimum atomic E-state index is -4.52. The third-order valence-corrected chi connectivity index (χ3v) is 2.10. The van der Waals surface area contributed by atoms with Gasteiger partial charge in [-0.2, -0.15) is 18.3 Å². The fourth-order valence-corrected chi connectivity index (χ4v) is 1.25. The van der Waals surface area contributed by atoms with Gasteiger partial charge >= 0.3 is 6.18 Å². The monoisotopic (exact) mass is 236 g/mol. The minimum absolute atomic E-state index is 0.239. The number of nitrogens with zero attached hydrogens (tertiary/aromatic N) is 2. The first-order valence-electron chi connectivity index (χ1n) is 4.41. The van der Waals surface area contributed by atoms with Gasteiger partial charge in [0, 0.05) is 5.69 Å². The van der Waals surface area contributed by atoms with Gasteiger partial charge in [0.2, 0.25) is 0 Å². The molecule has 1 aromatic rings. The second-order valence-corrected chi connectivity index (χ2v) is 3.30. The highest BCUT2D eigenvalue weighted by molar-refractivity contribution is 5.79. The Morgan fingerprint density at radius 2 is 2.19 bits per heavy atom. The van der Waals surface area contributed by atoms with E-state index >= 15 is 0 Å². The summed E-state index contributed by atoms with van der Waals surface area (Å²) in [5.41, 5.74) is 1.07. The number of amides is 1. The Morgan fingerprint density at radius 3 is 2.56 bits per heavy atom. The molecule has 0 radical (unpaired) electrons. The van der Waals surface area contributed by atoms with E-state index in [1.165, 1.54) is 13.8 Å². The number of nitrogens with two attached hydrogens (primary N) is 1. The standard InChI is InChI=1S/C8H11F3N4O/c1-4-3-6(8(9,10)11)14-15(4)5(2)7(16)13-12/h3,5H,12H2,1-2H3,(H,13,16)/t5-/m1/s1. The number of hydrogen-bond acceptors (Lipinski definition) is 3. The Kier molecular flexibility index (Phi) is 3.22. The molecule has 1 rings (SSSR count). The Hall–Kier alpha value is -1.57. The summed E-state index contributed by atoms with van der Waals surface area (Å²) in [4.78, 5) is 11.1. The molecule has 0 aromatic carbocycles. The van der Waals surface area contributed by atoms with Crippen molar-refractivity contribution in [2.24, 2.45) is 5.84 Å². The molecule has 0 saturated carbocycles. The summed E-state index contributed by atoms with van der Waals surface area (Å²) in [5, 5.41) is 3.33. The summed E-state index contributed by atoms with van der Waals surface area (Å²) < 4.78 is 38.0. The molecule has 0 bridgehead atoms. The van der Waals surface area contributed by atoms with Gasteiger partial charge < -0.3 is 0 Å². The van der Waals surface area contributed by atoms with Crippen LogP contribution in [0.2, 0.25) is 0 Å². The van der Waals surface area contributed by atoms with Crippen LogP contribution >= 0.6 is 0 Å². The van der Waals surface area contributed by atoms with E-state index < -0.39 is 23.8 Å². The third-order valence-electron chi connectivity index (χ3n) is 2.10. The molecule has 5 nitrogen and oxygen atoms in total. The molecule has 90 valence electrons. The zero-order valence-electron chi connectivity index (χ0n) is 8.67. The summed E-state index contributed by atoms with van der Waals surface area (Å²) in [6.45, 7) is 2.84. The van der Waals surface area contributed by atoms with Crippen molar-refractivity contribution >= 4 is 5.91 Å². The van der Waals surface area contributed by atoms with E-state index in [1.807, 2.05) is 5.43 Å². The molecular formula is C8H11F3N4O. The smallest absolute Gasteiger partial charge is 0.292 e. The fraction of sp³-hybridized carbons (Fsp3) is 0.500. The van der Waals surface area contributed by atoms with E-state index in [0.29, 0.717) is 0 Å². The van der Waals surface area contributed by atoms with Gasteiger partial charge in [-0.25, -0.2) is 5.84 Å². The van der Waals surface area contributed by atoms with Crippen LogP contribution in [0, 0.1) is 6.92 Å². The molecule has 1 atom stereocenters. The number of hydrazine groups is 1. The Bertz CT molecular complexity index is 398. The SMILES string of the molecule is Cc1cc(C(F)(F)F)nn1[C@H](C)C(=O)NN. The minimum Gasteiger partial charge on any atom is -0.292 e. The maximum Gasteiger partial charge on any atom is 0.435 e. The van der Waals surface area contributed by atoms with E-state index in [-0.39, 0.29) is 5.69 Å². The van der Waals surface area contributed by atoms with Gasteiger partial charge in [-0.15, -0.1) is 0 Å². The largest absolute Gasteiger partial charge is 0.435 e. The van der Waals surface area contributed by atoms with Crippen molar-refractivity contribution in [1.29, 1.82) is 0 Å². The third kappa shape index (κ3) is 2.32. The second-order valence-electron chi connectivity index (χ2n) is 3.30. The molecule has 0 unspecified atom stereocenters. The lowest BCUT2D eigenvalue weighted by atomic mass is 10.3. The van der Waals surface area contributed by atoms with Gasteiger partial charge in [0.05, 0.1) is 0 Å². The number of carbonyl (C=O) groups excluding carboxylic acids is 1. The highest BCUT2D eigenvalue weighted by atomic mass is 19.4. The van der Waals surface area contributed by atoms with Crippen LogP contribution in [0.15, 0.2) is 6.07 Å². The number of aromatic nitrogens is 2. The highest BCUT2D eigenvalue weighted by Gasteiger charge is 2.35. The van der Waals surface area contributed by atoms with Crippen molar-refractivity contribution in [3.63, 3.8) is 0 Å². The fourth-order valence-electron chi connectivity index (χ4n) is 1.25. The first-order chi connectivity index (χ1) is 7.27. The predicted octanol–water partition coefficient (Wildman–Crippen LogP) is 0.761. The van der Waals surface area contributed by atoms with Crippen LogP contribution in [0.25, 0.3) is 0 Å². The maximum absolute atomic E-state index is 12.3. The second kappa shape index (κ2) is 4.12. The molecule has 1 amide bonds. The van der Waals surface area contributed by atoms with Crippen molar-refractivity contribution in [2.45, 2.75) is 26.1 Å². The lowest BCUT2D eigenvalue weighted by Gasteiger charge is -2.12. The highest BCUT2D eigenvalue weighted by Crippen LogP contribution is 2.29. The number of rotatable bonds is 2. The van der Waals surface area contributed by atoms with Crippen LogP contribution in [-0.4, -0.2) is 15.7 Å². The van der Waals surface area contributed by atoms with Crippen molar-refractivity contribution in [2.75, 3.05) is 0 Å². The van der Waals surface area contributed by atoms with Gasteiger partial charge in [0.1, 0.15) is 6.04 Å². The first-order valence-corrected chi connectivity index (χ1v) is 4.41. The number of aryl methyl sites for hydroxylation is 1. The van der Waals surface area contributed by atoms with E-state index in [4.69, 9.17) is 5.84 Å². The molecular weight excluding hydrogens is 225 g/mol. The van der Waals surface area contributed by atoms with Crippen LogP contribution in [0.1, 0.15) is 24.4 Å². The van der Waals surface area contributed by atoms with E-state index in [2.05, 4.69) is 5.10 Å². The number of hydrogen-bond donors (Lipinski definition) is 2. The van der Waals surface area contributed by atoms with Crippen LogP contribution in [-0.2, 0) is 11.0 Å². The van der Waals surface area contributed by atoms with Crippen LogP contribution in [0.3, 0.4) is 0 Å². The lowest BCUT2D eigenvalue weighted by Crippen LogP contribution is -2.36. The number of halogens is 3. The summed E-state index contributed by atoms with van der Waals surface area (Å²) in [5.74, 6) is 4.28. The zero-order valence-corrected chi connectivity index (χ0v) is 8.67. The van der Waals surface area contributed by atoms with Gasteiger partial charge in [-0.3, -0.25) is 14.9 Å². The van der Waals surface area contributed by atoms with E-state index in [0.717, 1.165) is 10.7 Å². The molecule has 8 heteroatoms. The van der Waals surface area contributed by atoms with Crippen molar-refractivity contribution in [3.05, 3.63) is 17.5 Å². The Balaban J connectivity index is 3.07. The first kappa shape index (κ1) is 12.5. The quantitative estimate of drug-likeness (QED) is 0.452. The molecule has 0 aliphatic heterocycles. The van der Waals surface area contributed by atoms with Crippen LogP contribution in [0.4, 0.5) is 13.2 Å². The van der Waals surface area contributed by atoms with Crippen LogP contribution < -0.4 is 11.3 Å². The van der Waals surface area contributed by atoms with Gasteiger partial charge in [-0.1, -0.05) is 0 Å². The molecule has 0 spiro atoms. The summed E-state index contributed by atoms with van der Waals surface area (Å²) in [6, 6.07) is -0.0126. The predicted molar refractivity (Wildman–Crippen MR) is 49.0 cm³/mol. The van der Waals surface area contributed by atoms with E-state index in [1.54, 1.807) is 0 Å². The van der Waals surface area contributed by atoms with Crippen molar-refractivity contribution in [3.8, 4) is 0 Å². The molecule has 16 heavy (non-hydrogen) atoms. The Morgan fingerprint density at radius 1 is 1.62 bits per heavy atom. The number of alkyl halides is 3. The average Bonchev–Trinajstić information content (AvgIpc) is 2.57. The molecule has 0 fully saturated rings. The normalized spacial score (nSPS) is 13.6. The average molecular weight is 236 g/mol. The molecule has 1 aromatic heterocycles. The van der Waals surface area contributed by atoms with Crippen molar-refractivity contribution < 1.29 is 18.0 Å². The van der Waals surface area contributed by atoms with Crippen LogP contribution in [0.5, 0.6) is 0 Å². The summed E-state index contributed by atoms with van der Waals surface area (Å²) >= 11 is 0. The zero-order chi connectivity index (χ0) is 12.5. The van der Waals surface area contributed by atoms with Gasteiger partial charge in [-0.05, 0) is 19.9 Å². The van der Waals surface area contributed by atoms with Gasteiger partial charge in [0.25, 0.3) is 5.91 Å². The number of carbonyl (C=O) groups is 1. The topological polar surface area (TPSA) is 72.9 Å². The molecule has 1 heterocycles. The molecule has 3 N–H and O–H groups in total. The van der Waals surface area contributed by atoms with Gasteiger partial charge in [0.15, 0.2) is 5.69 Å². The Labute approximate surface area is 89.4 Å². The molecule has 0 aliphatic carbocycles. The van der Waals surface area contributed by atoms with Crippen molar-refractivity contribution in [1.82, 2.24) is 15.2 Å². The number of nitrogens with one attached hydrogen (secondary N) is 1. The summed E-state index contributed by atoms with van der Waals surface area (Å²) in [6.07, 6.45) is -4.52. The maximum atomic E-state index is 12.3.